The maximum Gasteiger partial charge on any atom is 0.243 e. The number of anilines is 1. The summed E-state index contributed by atoms with van der Waals surface area (Å²) in [5.41, 5.74) is 1.93. The van der Waals surface area contributed by atoms with E-state index in [9.17, 15) is 9.59 Å². The zero-order valence-corrected chi connectivity index (χ0v) is 14.8. The number of amides is 2. The minimum Gasteiger partial charge on any atom is -0.347 e. The normalized spacial score (nSPS) is 15.0. The molecule has 0 saturated heterocycles. The van der Waals surface area contributed by atoms with Crippen molar-refractivity contribution in [3.63, 3.8) is 0 Å². The fourth-order valence-electron chi connectivity index (χ4n) is 3.44. The molecule has 0 spiro atoms. The van der Waals surface area contributed by atoms with Crippen molar-refractivity contribution in [1.29, 1.82) is 0 Å². The van der Waals surface area contributed by atoms with E-state index in [4.69, 9.17) is 0 Å². The van der Waals surface area contributed by atoms with Gasteiger partial charge in [0, 0.05) is 12.1 Å². The van der Waals surface area contributed by atoms with Crippen LogP contribution >= 0.6 is 0 Å². The highest BCUT2D eigenvalue weighted by molar-refractivity contribution is 5.95. The number of nitrogens with one attached hydrogen (secondary N) is 2. The number of benzene rings is 1. The van der Waals surface area contributed by atoms with Gasteiger partial charge in [0.1, 0.15) is 0 Å². The molecule has 0 aromatic heterocycles. The minimum absolute atomic E-state index is 0.0234. The van der Waals surface area contributed by atoms with Crippen LogP contribution in [0.5, 0.6) is 0 Å². The Morgan fingerprint density at radius 3 is 2.58 bits per heavy atom. The molecule has 1 aromatic rings. The van der Waals surface area contributed by atoms with Crippen LogP contribution in [0, 0.1) is 5.92 Å². The highest BCUT2D eigenvalue weighted by Gasteiger charge is 2.14. The fourth-order valence-corrected chi connectivity index (χ4v) is 3.44. The van der Waals surface area contributed by atoms with Crippen molar-refractivity contribution in [3.05, 3.63) is 29.8 Å². The van der Waals surface area contributed by atoms with E-state index >= 15 is 0 Å². The van der Waals surface area contributed by atoms with Gasteiger partial charge < -0.3 is 10.6 Å². The molecule has 0 atom stereocenters. The Hall–Kier alpha value is -1.84. The van der Waals surface area contributed by atoms with Crippen molar-refractivity contribution < 1.29 is 9.59 Å². The molecule has 2 N–H and O–H groups in total. The largest absolute Gasteiger partial charge is 0.347 e. The Bertz CT molecular complexity index is 536. The van der Waals surface area contributed by atoms with Crippen LogP contribution in [0.3, 0.4) is 0 Å². The van der Waals surface area contributed by atoms with Gasteiger partial charge in [0.05, 0.1) is 6.54 Å². The topological polar surface area (TPSA) is 58.2 Å². The summed E-state index contributed by atoms with van der Waals surface area (Å²) in [5.74, 6) is 0.613. The Labute approximate surface area is 145 Å². The second-order valence-corrected chi connectivity index (χ2v) is 6.73. The predicted octanol–water partition coefficient (Wildman–Crippen LogP) is 4.05. The number of carbonyl (C=O) groups is 2. The van der Waals surface area contributed by atoms with E-state index in [1.54, 1.807) is 0 Å². The molecule has 4 nitrogen and oxygen atoms in total. The zero-order chi connectivity index (χ0) is 17.2. The van der Waals surface area contributed by atoms with Gasteiger partial charge in [0.25, 0.3) is 0 Å². The molecule has 24 heavy (non-hydrogen) atoms. The molecule has 1 aliphatic carbocycles. The average Bonchev–Trinajstić information content (AvgIpc) is 2.61. The van der Waals surface area contributed by atoms with Gasteiger partial charge in [-0.3, -0.25) is 9.59 Å². The number of para-hydroxylation sites is 1. The van der Waals surface area contributed by atoms with Crippen molar-refractivity contribution in [3.8, 4) is 0 Å². The molecule has 0 unspecified atom stereocenters. The minimum atomic E-state index is -0.170. The van der Waals surface area contributed by atoms with Crippen LogP contribution in [0.1, 0.15) is 63.9 Å². The Balaban J connectivity index is 1.63. The highest BCUT2D eigenvalue weighted by Crippen LogP contribution is 2.27. The third-order valence-corrected chi connectivity index (χ3v) is 4.86. The molecule has 1 fully saturated rings. The third-order valence-electron chi connectivity index (χ3n) is 4.86. The van der Waals surface area contributed by atoms with E-state index in [1.807, 2.05) is 24.3 Å². The molecule has 0 radical (unpaired) electrons. The van der Waals surface area contributed by atoms with Crippen molar-refractivity contribution in [2.45, 2.75) is 64.7 Å². The van der Waals surface area contributed by atoms with E-state index in [0.717, 1.165) is 36.4 Å². The lowest BCUT2D eigenvalue weighted by Crippen LogP contribution is -2.32. The summed E-state index contributed by atoms with van der Waals surface area (Å²) in [7, 11) is 0. The first-order chi connectivity index (χ1) is 11.7. The van der Waals surface area contributed by atoms with Crippen LogP contribution < -0.4 is 10.6 Å². The second kappa shape index (κ2) is 10.1. The summed E-state index contributed by atoms with van der Waals surface area (Å²) in [4.78, 5) is 23.9. The van der Waals surface area contributed by atoms with Crippen LogP contribution in [-0.2, 0) is 16.0 Å². The lowest BCUT2D eigenvalue weighted by atomic mass is 9.86. The van der Waals surface area contributed by atoms with Crippen LogP contribution in [0.2, 0.25) is 0 Å². The average molecular weight is 330 g/mol. The summed E-state index contributed by atoms with van der Waals surface area (Å²) >= 11 is 0. The lowest BCUT2D eigenvalue weighted by Gasteiger charge is -2.21. The first-order valence-corrected chi connectivity index (χ1v) is 9.33. The van der Waals surface area contributed by atoms with Gasteiger partial charge in [-0.05, 0) is 36.8 Å². The monoisotopic (exact) mass is 330 g/mol. The standard InChI is InChI=1S/C20H30N2O2/c1-2-17-12-6-7-13-18(17)22-20(24)15-21-19(23)14-8-11-16-9-4-3-5-10-16/h6-7,12-13,16H,2-5,8-11,14-15H2,1H3,(H,21,23)(H,22,24). The van der Waals surface area contributed by atoms with Gasteiger partial charge in [-0.2, -0.15) is 0 Å². The molecule has 0 bridgehead atoms. The van der Waals surface area contributed by atoms with E-state index < -0.39 is 0 Å². The molecule has 1 aromatic carbocycles. The number of rotatable bonds is 8. The van der Waals surface area contributed by atoms with Gasteiger partial charge in [0.15, 0.2) is 0 Å². The Morgan fingerprint density at radius 1 is 1.08 bits per heavy atom. The van der Waals surface area contributed by atoms with E-state index in [0.29, 0.717) is 6.42 Å². The molecular weight excluding hydrogens is 300 g/mol. The van der Waals surface area contributed by atoms with Gasteiger partial charge in [0.2, 0.25) is 11.8 Å². The SMILES string of the molecule is CCc1ccccc1NC(=O)CNC(=O)CCCC1CCCCC1. The number of hydrogen-bond acceptors (Lipinski definition) is 2. The first-order valence-electron chi connectivity index (χ1n) is 9.33. The van der Waals surface area contributed by atoms with Crippen molar-refractivity contribution in [2.75, 3.05) is 11.9 Å². The van der Waals surface area contributed by atoms with Crippen molar-refractivity contribution in [1.82, 2.24) is 5.32 Å². The summed E-state index contributed by atoms with van der Waals surface area (Å²) in [6.45, 7) is 2.10. The smallest absolute Gasteiger partial charge is 0.243 e. The Morgan fingerprint density at radius 2 is 1.83 bits per heavy atom. The maximum atomic E-state index is 12.0. The molecule has 132 valence electrons. The molecule has 4 heteroatoms. The van der Waals surface area contributed by atoms with E-state index in [-0.39, 0.29) is 18.4 Å². The first kappa shape index (κ1) is 18.5. The van der Waals surface area contributed by atoms with Gasteiger partial charge >= 0.3 is 0 Å². The Kier molecular flexibility index (Phi) is 7.80. The van der Waals surface area contributed by atoms with Crippen LogP contribution in [-0.4, -0.2) is 18.4 Å². The van der Waals surface area contributed by atoms with Crippen LogP contribution in [0.15, 0.2) is 24.3 Å². The van der Waals surface area contributed by atoms with Crippen LogP contribution in [0.25, 0.3) is 0 Å². The van der Waals surface area contributed by atoms with Gasteiger partial charge in [-0.1, -0.05) is 57.2 Å². The molecular formula is C20H30N2O2. The molecule has 0 aliphatic heterocycles. The van der Waals surface area contributed by atoms with Gasteiger partial charge in [-0.25, -0.2) is 0 Å². The fraction of sp³-hybridized carbons (Fsp3) is 0.600. The molecule has 2 amide bonds. The summed E-state index contributed by atoms with van der Waals surface area (Å²) in [6, 6.07) is 7.75. The number of hydrogen-bond donors (Lipinski definition) is 2. The number of carbonyl (C=O) groups excluding carboxylic acids is 2. The molecule has 1 aliphatic rings. The second-order valence-electron chi connectivity index (χ2n) is 6.73. The maximum absolute atomic E-state index is 12.0. The quantitative estimate of drug-likeness (QED) is 0.755. The molecule has 1 saturated carbocycles. The lowest BCUT2D eigenvalue weighted by molar-refractivity contribution is -0.124. The predicted molar refractivity (Wildman–Crippen MR) is 97.9 cm³/mol. The highest BCUT2D eigenvalue weighted by atomic mass is 16.2. The van der Waals surface area contributed by atoms with E-state index in [1.165, 1.54) is 32.1 Å². The van der Waals surface area contributed by atoms with Gasteiger partial charge in [-0.15, -0.1) is 0 Å². The van der Waals surface area contributed by atoms with Crippen LogP contribution in [0.4, 0.5) is 5.69 Å². The van der Waals surface area contributed by atoms with Crippen molar-refractivity contribution in [2.24, 2.45) is 5.92 Å². The summed E-state index contributed by atoms with van der Waals surface area (Å²) in [6.07, 6.45) is 10.2. The zero-order valence-electron chi connectivity index (χ0n) is 14.8. The molecule has 2 rings (SSSR count). The number of aryl methyl sites for hydroxylation is 1. The summed E-state index contributed by atoms with van der Waals surface area (Å²) < 4.78 is 0. The van der Waals surface area contributed by atoms with E-state index in [2.05, 4.69) is 17.6 Å². The third kappa shape index (κ3) is 6.34. The summed E-state index contributed by atoms with van der Waals surface area (Å²) in [5, 5.41) is 5.60. The van der Waals surface area contributed by atoms with Crippen molar-refractivity contribution >= 4 is 17.5 Å². The molecule has 0 heterocycles.